The topological polar surface area (TPSA) is 37.3 Å². The van der Waals surface area contributed by atoms with Crippen molar-refractivity contribution in [1.29, 1.82) is 0 Å². The first-order chi connectivity index (χ1) is 7.73. The van der Waals surface area contributed by atoms with Crippen molar-refractivity contribution in [2.75, 3.05) is 0 Å². The maximum absolute atomic E-state index is 9.00. The van der Waals surface area contributed by atoms with Gasteiger partial charge in [-0.2, -0.15) is 43.3 Å². The second-order valence-electron chi connectivity index (χ2n) is 2.44. The van der Waals surface area contributed by atoms with E-state index in [0.717, 1.165) is 6.92 Å². The zero-order chi connectivity index (χ0) is 12.6. The summed E-state index contributed by atoms with van der Waals surface area (Å²) >= 11 is 0. The Morgan fingerprint density at radius 1 is 0.941 bits per heavy atom. The van der Waals surface area contributed by atoms with E-state index in [1.54, 1.807) is 6.92 Å². The Kier molecular flexibility index (Phi) is 24.9. The summed E-state index contributed by atoms with van der Waals surface area (Å²) in [6.07, 6.45) is 0. The minimum atomic E-state index is -0.833. The first-order valence-corrected chi connectivity index (χ1v) is 4.97. The largest absolute Gasteiger partial charge is 3.00 e. The molecule has 0 heterocycles. The molecule has 0 aromatic heterocycles. The van der Waals surface area contributed by atoms with E-state index >= 15 is 0 Å². The molecule has 0 unspecified atom stereocenters. The fourth-order valence-electron chi connectivity index (χ4n) is 0.642. The van der Waals surface area contributed by atoms with Gasteiger partial charge in [-0.3, -0.25) is 4.79 Å². The summed E-state index contributed by atoms with van der Waals surface area (Å²) in [4.78, 5) is 9.00. The quantitative estimate of drug-likeness (QED) is 0.587. The van der Waals surface area contributed by atoms with Gasteiger partial charge in [0.1, 0.15) is 0 Å². The van der Waals surface area contributed by atoms with Gasteiger partial charge in [-0.1, -0.05) is 0 Å². The molecule has 95 valence electrons. The van der Waals surface area contributed by atoms with Gasteiger partial charge in [0.2, 0.25) is 0 Å². The van der Waals surface area contributed by atoms with Gasteiger partial charge in [0, 0.05) is 6.92 Å². The molecule has 0 aliphatic rings. The number of carbonyl (C=O) groups is 1. The van der Waals surface area contributed by atoms with Crippen molar-refractivity contribution in [1.82, 2.24) is 0 Å². The fraction of sp³-hybridized carbons (Fsp3) is 0.143. The molecule has 17 heavy (non-hydrogen) atoms. The van der Waals surface area contributed by atoms with Crippen molar-refractivity contribution < 1.29 is 27.0 Å². The van der Waals surface area contributed by atoms with Crippen LogP contribution in [0.25, 0.3) is 0 Å². The Bertz CT molecular complexity index is 221. The van der Waals surface area contributed by atoms with Crippen molar-refractivity contribution >= 4 is 5.97 Å². The molecule has 2 nitrogen and oxygen atoms in total. The summed E-state index contributed by atoms with van der Waals surface area (Å²) < 4.78 is 0. The minimum absolute atomic E-state index is 0. The van der Waals surface area contributed by atoms with E-state index in [2.05, 4.69) is 6.92 Å². The molecule has 0 spiro atoms. The van der Waals surface area contributed by atoms with Crippen LogP contribution in [-0.4, -0.2) is 11.1 Å². The Morgan fingerprint density at radius 3 is 1.18 bits per heavy atom. The molecule has 2 aromatic carbocycles. The van der Waals surface area contributed by atoms with E-state index in [0.29, 0.717) is 0 Å². The molecule has 0 amide bonds. The number of hydrogen-bond donors (Lipinski definition) is 1. The van der Waals surface area contributed by atoms with Crippen molar-refractivity contribution in [3.63, 3.8) is 0 Å². The van der Waals surface area contributed by atoms with Crippen molar-refractivity contribution in [2.24, 2.45) is 0 Å². The SMILES string of the molecule is CC(=O)O.[CH2-]C.[Fe+3].c1cc[cH-]c1.c1cc[cH-]c1. The van der Waals surface area contributed by atoms with Crippen LogP contribution in [0.2, 0.25) is 0 Å². The fourth-order valence-corrected chi connectivity index (χ4v) is 0.642. The molecule has 0 atom stereocenters. The molecule has 0 aliphatic carbocycles. The molecular weight excluding hydrogens is 256 g/mol. The molecule has 2 aromatic rings. The van der Waals surface area contributed by atoms with E-state index in [4.69, 9.17) is 9.90 Å². The zero-order valence-corrected chi connectivity index (χ0v) is 11.3. The predicted molar refractivity (Wildman–Crippen MR) is 68.4 cm³/mol. The van der Waals surface area contributed by atoms with Crippen LogP contribution in [0.15, 0.2) is 60.7 Å². The summed E-state index contributed by atoms with van der Waals surface area (Å²) in [5, 5.41) is 7.42. The number of carboxylic acid groups (broad SMARTS) is 1. The summed E-state index contributed by atoms with van der Waals surface area (Å²) in [6, 6.07) is 20.0. The Labute approximate surface area is 114 Å². The van der Waals surface area contributed by atoms with Crippen LogP contribution in [0.5, 0.6) is 0 Å². The van der Waals surface area contributed by atoms with E-state index < -0.39 is 5.97 Å². The van der Waals surface area contributed by atoms with Crippen molar-refractivity contribution in [3.8, 4) is 0 Å². The van der Waals surface area contributed by atoms with Crippen LogP contribution in [0.4, 0.5) is 0 Å². The van der Waals surface area contributed by atoms with Crippen LogP contribution in [0.3, 0.4) is 0 Å². The summed E-state index contributed by atoms with van der Waals surface area (Å²) in [6.45, 7) is 6.08. The third kappa shape index (κ3) is 31.3. The van der Waals surface area contributed by atoms with Gasteiger partial charge >= 0.3 is 17.1 Å². The molecule has 0 saturated carbocycles. The normalized spacial score (nSPS) is 6.53. The van der Waals surface area contributed by atoms with Crippen LogP contribution >= 0.6 is 0 Å². The van der Waals surface area contributed by atoms with Crippen molar-refractivity contribution in [3.05, 3.63) is 67.6 Å². The van der Waals surface area contributed by atoms with Gasteiger partial charge in [0.25, 0.3) is 5.97 Å². The first kappa shape index (κ1) is 21.0. The number of hydrogen-bond acceptors (Lipinski definition) is 1. The van der Waals surface area contributed by atoms with Gasteiger partial charge in [0.05, 0.1) is 0 Å². The van der Waals surface area contributed by atoms with Crippen LogP contribution in [0, 0.1) is 6.92 Å². The maximum atomic E-state index is 9.00. The Morgan fingerprint density at radius 2 is 1.12 bits per heavy atom. The number of aliphatic carboxylic acids is 1. The standard InChI is InChI=1S/2C5H5.C2H4O2.C2H5.Fe/c2*1-2-4-5-3-1;1-2(3)4;1-2;/h2*1-5H;1H3,(H,3,4);1H2,2H3;/q2*-1;;-1;+3. The van der Waals surface area contributed by atoms with E-state index in [1.165, 1.54) is 0 Å². The van der Waals surface area contributed by atoms with Crippen LogP contribution in [0.1, 0.15) is 13.8 Å². The van der Waals surface area contributed by atoms with Gasteiger partial charge in [-0.05, 0) is 0 Å². The molecule has 0 bridgehead atoms. The van der Waals surface area contributed by atoms with Gasteiger partial charge < -0.3 is 12.0 Å². The van der Waals surface area contributed by atoms with Gasteiger partial charge in [-0.25, -0.2) is 24.3 Å². The third-order valence-corrected chi connectivity index (χ3v) is 1.11. The Hall–Kier alpha value is -1.31. The molecule has 1 radical (unpaired) electrons. The van der Waals surface area contributed by atoms with Gasteiger partial charge in [-0.15, -0.1) is 0 Å². The van der Waals surface area contributed by atoms with E-state index in [9.17, 15) is 0 Å². The van der Waals surface area contributed by atoms with Crippen LogP contribution in [-0.2, 0) is 21.9 Å². The van der Waals surface area contributed by atoms with E-state index in [-0.39, 0.29) is 17.1 Å². The van der Waals surface area contributed by atoms with Crippen LogP contribution < -0.4 is 0 Å². The van der Waals surface area contributed by atoms with E-state index in [1.807, 2.05) is 60.7 Å². The monoisotopic (exact) mass is 275 g/mol. The third-order valence-electron chi connectivity index (χ3n) is 1.11. The Balaban J connectivity index is -0.000000158. The molecule has 0 fully saturated rings. The second kappa shape index (κ2) is 20.1. The molecule has 3 heteroatoms. The maximum Gasteiger partial charge on any atom is 3.00 e. The smallest absolute Gasteiger partial charge is 0.481 e. The van der Waals surface area contributed by atoms with Crippen molar-refractivity contribution in [2.45, 2.75) is 13.8 Å². The molecule has 0 saturated heterocycles. The first-order valence-electron chi connectivity index (χ1n) is 4.97. The predicted octanol–water partition coefficient (Wildman–Crippen LogP) is 3.74. The number of carboxylic acids is 1. The zero-order valence-electron chi connectivity index (χ0n) is 10.2. The summed E-state index contributed by atoms with van der Waals surface area (Å²) in [5.74, 6) is -0.833. The summed E-state index contributed by atoms with van der Waals surface area (Å²) in [5.41, 5.74) is 0. The second-order valence-corrected chi connectivity index (χ2v) is 2.44. The minimum Gasteiger partial charge on any atom is -0.481 e. The van der Waals surface area contributed by atoms with Gasteiger partial charge in [0.15, 0.2) is 0 Å². The molecule has 1 N–H and O–H groups in total. The molecular formula is C14H19FeO2. The number of rotatable bonds is 0. The average Bonchev–Trinajstić information content (AvgIpc) is 2.99. The average molecular weight is 275 g/mol. The molecule has 2 rings (SSSR count). The molecule has 0 aliphatic heterocycles. The summed E-state index contributed by atoms with van der Waals surface area (Å²) in [7, 11) is 0.